The summed E-state index contributed by atoms with van der Waals surface area (Å²) in [6, 6.07) is 12.1. The van der Waals surface area contributed by atoms with Crippen molar-refractivity contribution in [1.29, 1.82) is 0 Å². The van der Waals surface area contributed by atoms with Crippen LogP contribution in [0, 0.1) is 6.92 Å². The highest BCUT2D eigenvalue weighted by molar-refractivity contribution is 6.09. The molecule has 1 aliphatic rings. The summed E-state index contributed by atoms with van der Waals surface area (Å²) in [5, 5.41) is 4.15. The lowest BCUT2D eigenvalue weighted by Gasteiger charge is -2.22. The number of hydrogen-bond acceptors (Lipinski definition) is 3. The van der Waals surface area contributed by atoms with Crippen molar-refractivity contribution in [2.75, 3.05) is 7.11 Å². The first-order valence-corrected chi connectivity index (χ1v) is 9.63. The van der Waals surface area contributed by atoms with E-state index in [0.717, 1.165) is 40.7 Å². The van der Waals surface area contributed by atoms with Crippen molar-refractivity contribution < 1.29 is 13.9 Å². The molecule has 0 bridgehead atoms. The number of rotatable bonds is 4. The van der Waals surface area contributed by atoms with Crippen molar-refractivity contribution in [3.63, 3.8) is 0 Å². The maximum absolute atomic E-state index is 12.8. The van der Waals surface area contributed by atoms with E-state index in [4.69, 9.17) is 9.15 Å². The number of furan rings is 1. The fraction of sp³-hybridized carbons (Fsp3) is 0.348. The highest BCUT2D eigenvalue weighted by Crippen LogP contribution is 2.35. The molecule has 27 heavy (non-hydrogen) atoms. The van der Waals surface area contributed by atoms with Crippen molar-refractivity contribution in [3.05, 3.63) is 53.8 Å². The molecule has 4 heteroatoms. The zero-order valence-electron chi connectivity index (χ0n) is 15.9. The van der Waals surface area contributed by atoms with Gasteiger partial charge in [0.2, 0.25) is 0 Å². The van der Waals surface area contributed by atoms with Crippen LogP contribution in [0.5, 0.6) is 5.75 Å². The molecule has 140 valence electrons. The molecule has 1 heterocycles. The molecule has 4 rings (SSSR count). The van der Waals surface area contributed by atoms with Gasteiger partial charge in [0, 0.05) is 11.4 Å². The van der Waals surface area contributed by atoms with E-state index in [1.807, 2.05) is 30.3 Å². The van der Waals surface area contributed by atoms with Crippen LogP contribution in [-0.2, 0) is 0 Å². The Hall–Kier alpha value is -2.75. The fourth-order valence-corrected chi connectivity index (χ4v) is 4.05. The molecule has 1 aliphatic carbocycles. The molecule has 0 radical (unpaired) electrons. The molecule has 2 aromatic carbocycles. The summed E-state index contributed by atoms with van der Waals surface area (Å²) < 4.78 is 11.0. The van der Waals surface area contributed by atoms with Crippen LogP contribution in [0.15, 0.2) is 47.1 Å². The van der Waals surface area contributed by atoms with Crippen LogP contribution in [0.1, 0.15) is 48.0 Å². The highest BCUT2D eigenvalue weighted by Gasteiger charge is 2.21. The topological polar surface area (TPSA) is 51.5 Å². The van der Waals surface area contributed by atoms with Gasteiger partial charge in [-0.15, -0.1) is 0 Å². The standard InChI is InChI=1S/C23H25NO3/c1-15-14-17(26-2)8-9-18(15)19-10-11-21(22-20(19)12-13-27-22)23(25)24-16-6-4-3-5-7-16/h8-14,16H,3-7H2,1-2H3,(H,24,25). The SMILES string of the molecule is COc1ccc(-c2ccc(C(=O)NC3CCCCC3)c3occc23)c(C)c1. The van der Waals surface area contributed by atoms with Gasteiger partial charge in [-0.25, -0.2) is 0 Å². The Labute approximate surface area is 159 Å². The second-order valence-electron chi connectivity index (χ2n) is 7.31. The van der Waals surface area contributed by atoms with Gasteiger partial charge in [-0.2, -0.15) is 0 Å². The number of carbonyl (C=O) groups is 1. The Balaban J connectivity index is 1.69. The summed E-state index contributed by atoms with van der Waals surface area (Å²) in [5.74, 6) is 0.794. The monoisotopic (exact) mass is 363 g/mol. The van der Waals surface area contributed by atoms with Gasteiger partial charge < -0.3 is 14.5 Å². The summed E-state index contributed by atoms with van der Waals surface area (Å²) in [6.45, 7) is 2.06. The number of ether oxygens (including phenoxy) is 1. The Morgan fingerprint density at radius 1 is 1.07 bits per heavy atom. The number of aryl methyl sites for hydroxylation is 1. The number of nitrogens with one attached hydrogen (secondary N) is 1. The Bertz CT molecular complexity index is 967. The Morgan fingerprint density at radius 2 is 1.85 bits per heavy atom. The molecule has 0 saturated heterocycles. The van der Waals surface area contributed by atoms with E-state index in [1.165, 1.54) is 19.3 Å². The average molecular weight is 363 g/mol. The van der Waals surface area contributed by atoms with Crippen molar-refractivity contribution in [1.82, 2.24) is 5.32 Å². The lowest BCUT2D eigenvalue weighted by molar-refractivity contribution is 0.0928. The smallest absolute Gasteiger partial charge is 0.255 e. The van der Waals surface area contributed by atoms with Crippen LogP contribution >= 0.6 is 0 Å². The predicted molar refractivity (Wildman–Crippen MR) is 107 cm³/mol. The number of fused-ring (bicyclic) bond motifs is 1. The van der Waals surface area contributed by atoms with Gasteiger partial charge in [0.25, 0.3) is 5.91 Å². The lowest BCUT2D eigenvalue weighted by Crippen LogP contribution is -2.36. The number of methoxy groups -OCH3 is 1. The van der Waals surface area contributed by atoms with Gasteiger partial charge in [0.05, 0.1) is 18.9 Å². The van der Waals surface area contributed by atoms with E-state index in [-0.39, 0.29) is 11.9 Å². The molecule has 0 spiro atoms. The maximum atomic E-state index is 12.8. The minimum atomic E-state index is -0.0418. The van der Waals surface area contributed by atoms with E-state index < -0.39 is 0 Å². The van der Waals surface area contributed by atoms with Crippen LogP contribution in [0.4, 0.5) is 0 Å². The number of carbonyl (C=O) groups excluding carboxylic acids is 1. The van der Waals surface area contributed by atoms with Gasteiger partial charge in [-0.3, -0.25) is 4.79 Å². The first kappa shape index (κ1) is 17.7. The third-order valence-corrected chi connectivity index (χ3v) is 5.53. The molecule has 3 aromatic rings. The molecule has 1 fully saturated rings. The second-order valence-corrected chi connectivity index (χ2v) is 7.31. The fourth-order valence-electron chi connectivity index (χ4n) is 4.05. The predicted octanol–water partition coefficient (Wildman–Crippen LogP) is 5.48. The van der Waals surface area contributed by atoms with Crippen LogP contribution in [-0.4, -0.2) is 19.1 Å². The van der Waals surface area contributed by atoms with Gasteiger partial charge >= 0.3 is 0 Å². The lowest BCUT2D eigenvalue weighted by atomic mass is 9.94. The minimum absolute atomic E-state index is 0.0418. The summed E-state index contributed by atoms with van der Waals surface area (Å²) in [6.07, 6.45) is 7.44. The quantitative estimate of drug-likeness (QED) is 0.668. The summed E-state index contributed by atoms with van der Waals surface area (Å²) in [4.78, 5) is 12.8. The molecule has 4 nitrogen and oxygen atoms in total. The summed E-state index contributed by atoms with van der Waals surface area (Å²) in [7, 11) is 1.67. The van der Waals surface area contributed by atoms with Crippen molar-refractivity contribution in [2.45, 2.75) is 45.1 Å². The van der Waals surface area contributed by atoms with E-state index in [1.54, 1.807) is 13.4 Å². The number of amides is 1. The van der Waals surface area contributed by atoms with Crippen LogP contribution < -0.4 is 10.1 Å². The van der Waals surface area contributed by atoms with E-state index in [2.05, 4.69) is 18.3 Å². The van der Waals surface area contributed by atoms with Crippen molar-refractivity contribution in [2.24, 2.45) is 0 Å². The zero-order chi connectivity index (χ0) is 18.8. The third kappa shape index (κ3) is 3.44. The van der Waals surface area contributed by atoms with E-state index >= 15 is 0 Å². The normalized spacial score (nSPS) is 15.0. The van der Waals surface area contributed by atoms with Crippen molar-refractivity contribution >= 4 is 16.9 Å². The van der Waals surface area contributed by atoms with Crippen molar-refractivity contribution in [3.8, 4) is 16.9 Å². The van der Waals surface area contributed by atoms with Crippen LogP contribution in [0.25, 0.3) is 22.1 Å². The molecule has 1 amide bonds. The van der Waals surface area contributed by atoms with E-state index in [0.29, 0.717) is 11.1 Å². The molecule has 1 saturated carbocycles. The Morgan fingerprint density at radius 3 is 2.59 bits per heavy atom. The van der Waals surface area contributed by atoms with Gasteiger partial charge in [-0.05, 0) is 60.7 Å². The molecular formula is C23H25NO3. The average Bonchev–Trinajstić information content (AvgIpc) is 3.18. The first-order valence-electron chi connectivity index (χ1n) is 9.63. The van der Waals surface area contributed by atoms with E-state index in [9.17, 15) is 4.79 Å². The molecular weight excluding hydrogens is 338 g/mol. The largest absolute Gasteiger partial charge is 0.497 e. The van der Waals surface area contributed by atoms with Gasteiger partial charge in [-0.1, -0.05) is 31.4 Å². The second kappa shape index (κ2) is 7.47. The van der Waals surface area contributed by atoms with Crippen LogP contribution in [0.2, 0.25) is 0 Å². The minimum Gasteiger partial charge on any atom is -0.497 e. The first-order chi connectivity index (χ1) is 13.2. The summed E-state index contributed by atoms with van der Waals surface area (Å²) >= 11 is 0. The highest BCUT2D eigenvalue weighted by atomic mass is 16.5. The molecule has 1 N–H and O–H groups in total. The third-order valence-electron chi connectivity index (χ3n) is 5.53. The number of hydrogen-bond donors (Lipinski definition) is 1. The van der Waals surface area contributed by atoms with Gasteiger partial charge in [0.1, 0.15) is 11.3 Å². The molecule has 0 unspecified atom stereocenters. The zero-order valence-corrected chi connectivity index (χ0v) is 15.9. The number of benzene rings is 2. The Kier molecular flexibility index (Phi) is 4.88. The molecule has 1 aromatic heterocycles. The maximum Gasteiger partial charge on any atom is 0.255 e. The molecule has 0 aliphatic heterocycles. The molecule has 0 atom stereocenters. The van der Waals surface area contributed by atoms with Gasteiger partial charge in [0.15, 0.2) is 0 Å². The van der Waals surface area contributed by atoms with Crippen LogP contribution in [0.3, 0.4) is 0 Å². The summed E-state index contributed by atoms with van der Waals surface area (Å²) in [5.41, 5.74) is 4.55.